The highest BCUT2D eigenvalue weighted by Crippen LogP contribution is 2.19. The van der Waals surface area contributed by atoms with Gasteiger partial charge in [0.15, 0.2) is 0 Å². The molecule has 1 fully saturated rings. The van der Waals surface area contributed by atoms with E-state index in [9.17, 15) is 9.18 Å². The van der Waals surface area contributed by atoms with Crippen LogP contribution >= 0.6 is 0 Å². The van der Waals surface area contributed by atoms with Crippen LogP contribution in [-0.2, 0) is 9.53 Å². The first-order valence-electron chi connectivity index (χ1n) is 5.91. The number of hydrogen-bond acceptors (Lipinski definition) is 4. The van der Waals surface area contributed by atoms with Gasteiger partial charge in [-0.25, -0.2) is 4.39 Å². The van der Waals surface area contributed by atoms with Gasteiger partial charge in [-0.3, -0.25) is 4.79 Å². The standard InChI is InChI=1S/C13H14FN3O2/c1-16-12-7-19-6-9(12)13(18)17-11-3-2-8(5-15)4-10(11)14/h2-4,9,12,16H,6-7H2,1H3,(H,17,18). The number of benzene rings is 1. The molecule has 1 aromatic carbocycles. The van der Waals surface area contributed by atoms with E-state index in [-0.39, 0.29) is 29.1 Å². The molecule has 5 nitrogen and oxygen atoms in total. The van der Waals surface area contributed by atoms with Crippen molar-refractivity contribution >= 4 is 11.6 Å². The van der Waals surface area contributed by atoms with Crippen LogP contribution in [-0.4, -0.2) is 32.2 Å². The molecule has 0 radical (unpaired) electrons. The van der Waals surface area contributed by atoms with Gasteiger partial charge in [-0.1, -0.05) is 0 Å². The lowest BCUT2D eigenvalue weighted by atomic mass is 10.0. The molecule has 0 spiro atoms. The molecule has 2 unspecified atom stereocenters. The van der Waals surface area contributed by atoms with Crippen LogP contribution in [0.25, 0.3) is 0 Å². The van der Waals surface area contributed by atoms with Gasteiger partial charge < -0.3 is 15.4 Å². The van der Waals surface area contributed by atoms with E-state index in [4.69, 9.17) is 10.00 Å². The average Bonchev–Trinajstić information content (AvgIpc) is 2.89. The summed E-state index contributed by atoms with van der Waals surface area (Å²) in [6.45, 7) is 0.777. The number of nitrogens with one attached hydrogen (secondary N) is 2. The lowest BCUT2D eigenvalue weighted by Gasteiger charge is -2.16. The molecule has 2 N–H and O–H groups in total. The zero-order valence-corrected chi connectivity index (χ0v) is 10.4. The number of likely N-dealkylation sites (N-methyl/N-ethyl adjacent to an activating group) is 1. The number of anilines is 1. The van der Waals surface area contributed by atoms with Crippen molar-refractivity contribution in [1.29, 1.82) is 5.26 Å². The second-order valence-corrected chi connectivity index (χ2v) is 4.33. The molecule has 100 valence electrons. The predicted octanol–water partition coefficient (Wildman–Crippen LogP) is 0.870. The molecule has 1 amide bonds. The quantitative estimate of drug-likeness (QED) is 0.848. The third-order valence-corrected chi connectivity index (χ3v) is 3.14. The van der Waals surface area contributed by atoms with Crippen LogP contribution in [0, 0.1) is 23.1 Å². The molecule has 1 saturated heterocycles. The number of nitrogens with zero attached hydrogens (tertiary/aromatic N) is 1. The van der Waals surface area contributed by atoms with Gasteiger partial charge in [-0.15, -0.1) is 0 Å². The average molecular weight is 263 g/mol. The van der Waals surface area contributed by atoms with E-state index in [0.717, 1.165) is 6.07 Å². The Morgan fingerprint density at radius 3 is 2.95 bits per heavy atom. The molecule has 19 heavy (non-hydrogen) atoms. The van der Waals surface area contributed by atoms with Gasteiger partial charge in [0.2, 0.25) is 5.91 Å². The normalized spacial score (nSPS) is 21.9. The number of hydrogen-bond donors (Lipinski definition) is 2. The number of carbonyl (C=O) groups excluding carboxylic acids is 1. The summed E-state index contributed by atoms with van der Waals surface area (Å²) in [6.07, 6.45) is 0. The van der Waals surface area contributed by atoms with Gasteiger partial charge in [0, 0.05) is 6.04 Å². The van der Waals surface area contributed by atoms with Gasteiger partial charge in [-0.2, -0.15) is 5.26 Å². The first-order valence-corrected chi connectivity index (χ1v) is 5.91. The fourth-order valence-corrected chi connectivity index (χ4v) is 2.01. The Hall–Kier alpha value is -1.97. The highest BCUT2D eigenvalue weighted by atomic mass is 19.1. The minimum Gasteiger partial charge on any atom is -0.379 e. The smallest absolute Gasteiger partial charge is 0.231 e. The van der Waals surface area contributed by atoms with Gasteiger partial charge in [0.05, 0.1) is 36.5 Å². The maximum Gasteiger partial charge on any atom is 0.231 e. The maximum absolute atomic E-state index is 13.7. The Labute approximate surface area is 110 Å². The molecule has 2 rings (SSSR count). The Balaban J connectivity index is 2.09. The van der Waals surface area contributed by atoms with Gasteiger partial charge >= 0.3 is 0 Å². The predicted molar refractivity (Wildman–Crippen MR) is 66.9 cm³/mol. The van der Waals surface area contributed by atoms with Crippen molar-refractivity contribution in [3.63, 3.8) is 0 Å². The van der Waals surface area contributed by atoms with Crippen molar-refractivity contribution in [2.45, 2.75) is 6.04 Å². The Morgan fingerprint density at radius 2 is 2.32 bits per heavy atom. The Kier molecular flexibility index (Phi) is 4.10. The summed E-state index contributed by atoms with van der Waals surface area (Å²) in [7, 11) is 1.75. The van der Waals surface area contributed by atoms with E-state index in [1.807, 2.05) is 6.07 Å². The zero-order valence-electron chi connectivity index (χ0n) is 10.4. The number of halogens is 1. The largest absolute Gasteiger partial charge is 0.379 e. The van der Waals surface area contributed by atoms with Crippen LogP contribution in [0.15, 0.2) is 18.2 Å². The van der Waals surface area contributed by atoms with Crippen molar-refractivity contribution in [2.24, 2.45) is 5.92 Å². The molecule has 1 aliphatic heterocycles. The molecule has 1 aromatic rings. The zero-order chi connectivity index (χ0) is 13.8. The van der Waals surface area contributed by atoms with E-state index in [1.165, 1.54) is 12.1 Å². The first kappa shape index (κ1) is 13.5. The molecule has 2 atom stereocenters. The fraction of sp³-hybridized carbons (Fsp3) is 0.385. The van der Waals surface area contributed by atoms with Gasteiger partial charge in [0.25, 0.3) is 0 Å². The summed E-state index contributed by atoms with van der Waals surface area (Å²) in [5, 5.41) is 14.2. The van der Waals surface area contributed by atoms with Crippen molar-refractivity contribution in [3.05, 3.63) is 29.6 Å². The van der Waals surface area contributed by atoms with Crippen LogP contribution in [0.4, 0.5) is 10.1 Å². The third kappa shape index (κ3) is 2.89. The van der Waals surface area contributed by atoms with Crippen molar-refractivity contribution in [2.75, 3.05) is 25.6 Å². The summed E-state index contributed by atoms with van der Waals surface area (Å²) in [6, 6.07) is 5.71. The summed E-state index contributed by atoms with van der Waals surface area (Å²) in [5.74, 6) is -1.26. The molecular formula is C13H14FN3O2. The van der Waals surface area contributed by atoms with Crippen molar-refractivity contribution in [1.82, 2.24) is 5.32 Å². The molecule has 0 aromatic heterocycles. The van der Waals surface area contributed by atoms with Crippen LogP contribution in [0.5, 0.6) is 0 Å². The lowest BCUT2D eigenvalue weighted by Crippen LogP contribution is -2.39. The lowest BCUT2D eigenvalue weighted by molar-refractivity contribution is -0.120. The molecule has 6 heteroatoms. The second kappa shape index (κ2) is 5.78. The summed E-state index contributed by atoms with van der Waals surface area (Å²) >= 11 is 0. The number of carbonyl (C=O) groups is 1. The van der Waals surface area contributed by atoms with Gasteiger partial charge in [0.1, 0.15) is 5.82 Å². The van der Waals surface area contributed by atoms with Crippen molar-refractivity contribution in [3.8, 4) is 6.07 Å². The van der Waals surface area contributed by atoms with Crippen LogP contribution in [0.2, 0.25) is 0 Å². The highest BCUT2D eigenvalue weighted by molar-refractivity contribution is 5.93. The Morgan fingerprint density at radius 1 is 1.53 bits per heavy atom. The van der Waals surface area contributed by atoms with E-state index in [0.29, 0.717) is 13.2 Å². The molecule has 1 aliphatic rings. The molecule has 0 aliphatic carbocycles. The van der Waals surface area contributed by atoms with Crippen LogP contribution < -0.4 is 10.6 Å². The van der Waals surface area contributed by atoms with E-state index in [1.54, 1.807) is 7.05 Å². The topological polar surface area (TPSA) is 74.2 Å². The summed E-state index contributed by atoms with van der Waals surface area (Å²) in [4.78, 5) is 12.0. The monoisotopic (exact) mass is 263 g/mol. The van der Waals surface area contributed by atoms with E-state index >= 15 is 0 Å². The second-order valence-electron chi connectivity index (χ2n) is 4.33. The SMILES string of the molecule is CNC1COCC1C(=O)Nc1ccc(C#N)cc1F. The van der Waals surface area contributed by atoms with Crippen molar-refractivity contribution < 1.29 is 13.9 Å². The molecule has 0 bridgehead atoms. The number of nitriles is 1. The Bertz CT molecular complexity index is 527. The summed E-state index contributed by atoms with van der Waals surface area (Å²) in [5.41, 5.74) is 0.290. The molecule has 1 heterocycles. The van der Waals surface area contributed by atoms with E-state index < -0.39 is 5.82 Å². The van der Waals surface area contributed by atoms with Gasteiger partial charge in [-0.05, 0) is 25.2 Å². The first-order chi connectivity index (χ1) is 9.15. The van der Waals surface area contributed by atoms with Crippen LogP contribution in [0.1, 0.15) is 5.56 Å². The number of rotatable bonds is 3. The molecule has 0 saturated carbocycles. The summed E-state index contributed by atoms with van der Waals surface area (Å²) < 4.78 is 18.9. The fourth-order valence-electron chi connectivity index (χ4n) is 2.01. The highest BCUT2D eigenvalue weighted by Gasteiger charge is 2.33. The number of ether oxygens (including phenoxy) is 1. The molecular weight excluding hydrogens is 249 g/mol. The van der Waals surface area contributed by atoms with Crippen LogP contribution in [0.3, 0.4) is 0 Å². The minimum atomic E-state index is -0.618. The third-order valence-electron chi connectivity index (χ3n) is 3.14. The van der Waals surface area contributed by atoms with E-state index in [2.05, 4.69) is 10.6 Å². The number of amides is 1. The maximum atomic E-state index is 13.7. The minimum absolute atomic E-state index is 0.0681.